The molecule has 0 radical (unpaired) electrons. The molecule has 1 saturated carbocycles. The number of nitrogens with zero attached hydrogens (tertiary/aromatic N) is 2. The second kappa shape index (κ2) is 10.8. The second-order valence-corrected chi connectivity index (χ2v) is 10.8. The third kappa shape index (κ3) is 6.10. The standard InChI is InChI=1S/C24H27I2N3O4/c1-33-24(32)21(14-15-12-19(25)22(30)20(26)13-15)27-23(31)16-2-4-17(5-3-16)28-8-10-29(11-9-28)18-6-7-18/h2-5,12-13,18,21,30H,6-11,14H2,1H3,(H,27,31). The molecule has 1 heterocycles. The van der Waals surface area contributed by atoms with Crippen molar-refractivity contribution in [1.29, 1.82) is 0 Å². The molecule has 1 atom stereocenters. The van der Waals surface area contributed by atoms with Gasteiger partial charge < -0.3 is 20.1 Å². The summed E-state index contributed by atoms with van der Waals surface area (Å²) in [5.41, 5.74) is 2.44. The van der Waals surface area contributed by atoms with E-state index in [1.54, 1.807) is 24.3 Å². The SMILES string of the molecule is COC(=O)C(Cc1cc(I)c(O)c(I)c1)NC(=O)c1ccc(N2CCN(C3CC3)CC2)cc1. The van der Waals surface area contributed by atoms with Gasteiger partial charge in [0.05, 0.1) is 14.3 Å². The Kier molecular flexibility index (Phi) is 8.00. The summed E-state index contributed by atoms with van der Waals surface area (Å²) in [6, 6.07) is 11.1. The molecule has 2 aromatic carbocycles. The number of hydrogen-bond donors (Lipinski definition) is 2. The Hall–Kier alpha value is -1.60. The first-order chi connectivity index (χ1) is 15.9. The highest BCUT2D eigenvalue weighted by atomic mass is 127. The van der Waals surface area contributed by atoms with Gasteiger partial charge in [-0.3, -0.25) is 9.69 Å². The number of phenols is 1. The van der Waals surface area contributed by atoms with Gasteiger partial charge in [-0.1, -0.05) is 0 Å². The minimum absolute atomic E-state index is 0.215. The van der Waals surface area contributed by atoms with E-state index in [-0.39, 0.29) is 18.1 Å². The van der Waals surface area contributed by atoms with Crippen molar-refractivity contribution in [3.63, 3.8) is 0 Å². The number of carbonyl (C=O) groups is 2. The Morgan fingerprint density at radius 1 is 1.09 bits per heavy atom. The van der Waals surface area contributed by atoms with Gasteiger partial charge in [-0.2, -0.15) is 0 Å². The molecule has 1 unspecified atom stereocenters. The second-order valence-electron chi connectivity index (χ2n) is 8.46. The number of phenolic OH excluding ortho intramolecular Hbond substituents is 1. The molecule has 2 fully saturated rings. The molecule has 0 bridgehead atoms. The van der Waals surface area contributed by atoms with Crippen LogP contribution in [0.3, 0.4) is 0 Å². The molecule has 2 aliphatic rings. The van der Waals surface area contributed by atoms with Gasteiger partial charge in [0.25, 0.3) is 5.91 Å². The molecule has 2 N–H and O–H groups in total. The van der Waals surface area contributed by atoms with Crippen molar-refractivity contribution in [2.75, 3.05) is 38.2 Å². The van der Waals surface area contributed by atoms with Gasteiger partial charge in [-0.15, -0.1) is 0 Å². The van der Waals surface area contributed by atoms with Gasteiger partial charge in [-0.25, -0.2) is 4.79 Å². The van der Waals surface area contributed by atoms with E-state index in [9.17, 15) is 14.7 Å². The van der Waals surface area contributed by atoms with Gasteiger partial charge in [0.15, 0.2) is 0 Å². The quantitative estimate of drug-likeness (QED) is 0.346. The van der Waals surface area contributed by atoms with Gasteiger partial charge in [0, 0.05) is 49.9 Å². The lowest BCUT2D eigenvalue weighted by Crippen LogP contribution is -2.47. The number of benzene rings is 2. The van der Waals surface area contributed by atoms with Crippen molar-refractivity contribution in [3.05, 3.63) is 54.7 Å². The number of aromatic hydroxyl groups is 1. The molecule has 176 valence electrons. The molecule has 0 aromatic heterocycles. The molecule has 4 rings (SSSR count). The molecule has 33 heavy (non-hydrogen) atoms. The summed E-state index contributed by atoms with van der Waals surface area (Å²) in [5, 5.41) is 12.8. The fourth-order valence-corrected chi connectivity index (χ4v) is 6.05. The van der Waals surface area contributed by atoms with Crippen LogP contribution in [0.1, 0.15) is 28.8 Å². The fraction of sp³-hybridized carbons (Fsp3) is 0.417. The lowest BCUT2D eigenvalue weighted by atomic mass is 10.0. The van der Waals surface area contributed by atoms with E-state index in [2.05, 4.69) is 15.1 Å². The first-order valence-electron chi connectivity index (χ1n) is 11.0. The van der Waals surface area contributed by atoms with Crippen molar-refractivity contribution < 1.29 is 19.4 Å². The Morgan fingerprint density at radius 3 is 2.24 bits per heavy atom. The van der Waals surface area contributed by atoms with Crippen LogP contribution in [0.25, 0.3) is 0 Å². The molecule has 1 saturated heterocycles. The molecular weight excluding hydrogens is 648 g/mol. The van der Waals surface area contributed by atoms with E-state index in [1.807, 2.05) is 57.3 Å². The molecule has 9 heteroatoms. The first-order valence-corrected chi connectivity index (χ1v) is 13.2. The predicted octanol–water partition coefficient (Wildman–Crippen LogP) is 3.40. The van der Waals surface area contributed by atoms with Crippen LogP contribution in [0.15, 0.2) is 36.4 Å². The van der Waals surface area contributed by atoms with Gasteiger partial charge in [-0.05, 0) is 100.0 Å². The highest BCUT2D eigenvalue weighted by Crippen LogP contribution is 2.29. The molecule has 7 nitrogen and oxygen atoms in total. The molecule has 1 aliphatic carbocycles. The molecular formula is C24H27I2N3O4. The Labute approximate surface area is 221 Å². The average molecular weight is 675 g/mol. The van der Waals surface area contributed by atoms with E-state index in [1.165, 1.54) is 20.0 Å². The molecule has 0 spiro atoms. The monoisotopic (exact) mass is 675 g/mol. The van der Waals surface area contributed by atoms with Crippen molar-refractivity contribution in [2.24, 2.45) is 0 Å². The van der Waals surface area contributed by atoms with Crippen LogP contribution in [0, 0.1) is 7.14 Å². The average Bonchev–Trinajstić information content (AvgIpc) is 3.67. The normalized spacial score (nSPS) is 17.5. The number of rotatable bonds is 7. The smallest absolute Gasteiger partial charge is 0.328 e. The zero-order valence-electron chi connectivity index (χ0n) is 18.4. The molecule has 1 amide bonds. The fourth-order valence-electron chi connectivity index (χ4n) is 4.16. The molecule has 1 aliphatic heterocycles. The zero-order valence-corrected chi connectivity index (χ0v) is 22.7. The van der Waals surface area contributed by atoms with Gasteiger partial charge in [0.1, 0.15) is 11.8 Å². The number of methoxy groups -OCH3 is 1. The largest absolute Gasteiger partial charge is 0.506 e. The van der Waals surface area contributed by atoms with Crippen LogP contribution in [-0.2, 0) is 16.0 Å². The van der Waals surface area contributed by atoms with E-state index in [0.29, 0.717) is 12.7 Å². The van der Waals surface area contributed by atoms with Crippen LogP contribution in [-0.4, -0.2) is 67.3 Å². The number of halogens is 2. The third-order valence-electron chi connectivity index (χ3n) is 6.18. The number of nitrogens with one attached hydrogen (secondary N) is 1. The summed E-state index contributed by atoms with van der Waals surface area (Å²) >= 11 is 4.09. The van der Waals surface area contributed by atoms with Crippen molar-refractivity contribution in [3.8, 4) is 5.75 Å². The maximum atomic E-state index is 12.9. The van der Waals surface area contributed by atoms with Crippen LogP contribution in [0.5, 0.6) is 5.75 Å². The predicted molar refractivity (Wildman–Crippen MR) is 144 cm³/mol. The summed E-state index contributed by atoms with van der Waals surface area (Å²) in [5.74, 6) is -0.613. The minimum atomic E-state index is -0.825. The number of carbonyl (C=O) groups excluding carboxylic acids is 2. The number of ether oxygens (including phenoxy) is 1. The summed E-state index contributed by atoms with van der Waals surface area (Å²) in [6.45, 7) is 4.17. The lowest BCUT2D eigenvalue weighted by molar-refractivity contribution is -0.142. The van der Waals surface area contributed by atoms with Crippen molar-refractivity contribution >= 4 is 62.7 Å². The highest BCUT2D eigenvalue weighted by Gasteiger charge is 2.31. The maximum absolute atomic E-state index is 12.9. The maximum Gasteiger partial charge on any atom is 0.328 e. The number of piperazine rings is 1. The van der Waals surface area contributed by atoms with Crippen molar-refractivity contribution in [2.45, 2.75) is 31.3 Å². The number of hydrogen-bond acceptors (Lipinski definition) is 6. The summed E-state index contributed by atoms with van der Waals surface area (Å²) in [4.78, 5) is 30.2. The van der Waals surface area contributed by atoms with Crippen molar-refractivity contribution in [1.82, 2.24) is 10.2 Å². The summed E-state index contributed by atoms with van der Waals surface area (Å²) in [6.07, 6.45) is 2.94. The third-order valence-corrected chi connectivity index (χ3v) is 7.82. The van der Waals surface area contributed by atoms with Crippen LogP contribution in [0.2, 0.25) is 0 Å². The van der Waals surface area contributed by atoms with E-state index in [0.717, 1.165) is 43.5 Å². The lowest BCUT2D eigenvalue weighted by Gasteiger charge is -2.36. The van der Waals surface area contributed by atoms with E-state index >= 15 is 0 Å². The minimum Gasteiger partial charge on any atom is -0.506 e. The topological polar surface area (TPSA) is 82.1 Å². The summed E-state index contributed by atoms with van der Waals surface area (Å²) in [7, 11) is 1.31. The van der Waals surface area contributed by atoms with E-state index < -0.39 is 12.0 Å². The Bertz CT molecular complexity index is 996. The highest BCUT2D eigenvalue weighted by molar-refractivity contribution is 14.1. The summed E-state index contributed by atoms with van der Waals surface area (Å²) < 4.78 is 6.30. The number of amides is 1. The van der Waals surface area contributed by atoms with Gasteiger partial charge in [0.2, 0.25) is 0 Å². The Balaban J connectivity index is 1.39. The van der Waals surface area contributed by atoms with Crippen LogP contribution >= 0.6 is 45.2 Å². The Morgan fingerprint density at radius 2 is 1.70 bits per heavy atom. The van der Waals surface area contributed by atoms with E-state index in [4.69, 9.17) is 4.74 Å². The first kappa shape index (κ1) is 24.5. The number of esters is 1. The molecule has 2 aromatic rings. The van der Waals surface area contributed by atoms with Crippen LogP contribution < -0.4 is 10.2 Å². The number of anilines is 1. The van der Waals surface area contributed by atoms with Crippen LogP contribution in [0.4, 0.5) is 5.69 Å². The zero-order chi connectivity index (χ0) is 23.5. The van der Waals surface area contributed by atoms with Gasteiger partial charge >= 0.3 is 5.97 Å².